The first kappa shape index (κ1) is 8.07. The molecular formula is C9H10N2O2. The third kappa shape index (κ3) is 1.25. The summed E-state index contributed by atoms with van der Waals surface area (Å²) in [5, 5.41) is 4.66. The highest BCUT2D eigenvalue weighted by atomic mass is 16.5. The van der Waals surface area contributed by atoms with Crippen LogP contribution >= 0.6 is 0 Å². The second-order valence-corrected chi connectivity index (χ2v) is 2.79. The van der Waals surface area contributed by atoms with Gasteiger partial charge in [0.15, 0.2) is 0 Å². The van der Waals surface area contributed by atoms with Gasteiger partial charge in [-0.05, 0) is 11.6 Å². The summed E-state index contributed by atoms with van der Waals surface area (Å²) in [7, 11) is 1.64. The van der Waals surface area contributed by atoms with Gasteiger partial charge in [-0.1, -0.05) is 17.3 Å². The van der Waals surface area contributed by atoms with E-state index < -0.39 is 0 Å². The smallest absolute Gasteiger partial charge is 0.230 e. The first-order valence-corrected chi connectivity index (χ1v) is 3.94. The molecule has 0 aliphatic carbocycles. The van der Waals surface area contributed by atoms with Crippen LogP contribution in [0.5, 0.6) is 0 Å². The average molecular weight is 178 g/mol. The molecule has 0 fully saturated rings. The standard InChI is InChI=1S/C9H10N2O2/c1-12-5-6-3-2-4-7-8(6)9(10)13-11-7/h2-4H,5,10H2,1H3. The number of hydrogen-bond acceptors (Lipinski definition) is 4. The van der Waals surface area contributed by atoms with Gasteiger partial charge in [0.25, 0.3) is 0 Å². The van der Waals surface area contributed by atoms with Gasteiger partial charge in [-0.25, -0.2) is 0 Å². The Kier molecular flexibility index (Phi) is 1.90. The van der Waals surface area contributed by atoms with Crippen molar-refractivity contribution in [2.24, 2.45) is 0 Å². The van der Waals surface area contributed by atoms with E-state index in [1.165, 1.54) is 0 Å². The highest BCUT2D eigenvalue weighted by Gasteiger charge is 2.08. The summed E-state index contributed by atoms with van der Waals surface area (Å²) >= 11 is 0. The third-order valence-corrected chi connectivity index (χ3v) is 1.92. The van der Waals surface area contributed by atoms with Gasteiger partial charge in [0, 0.05) is 7.11 Å². The number of anilines is 1. The van der Waals surface area contributed by atoms with Crippen LogP contribution in [0.1, 0.15) is 5.56 Å². The van der Waals surface area contributed by atoms with Gasteiger partial charge in [0.05, 0.1) is 12.0 Å². The van der Waals surface area contributed by atoms with Gasteiger partial charge >= 0.3 is 0 Å². The van der Waals surface area contributed by atoms with Gasteiger partial charge in [-0.15, -0.1) is 0 Å². The molecule has 0 atom stereocenters. The number of ether oxygens (including phenoxy) is 1. The molecule has 2 aromatic rings. The van der Waals surface area contributed by atoms with Crippen LogP contribution in [0.2, 0.25) is 0 Å². The first-order chi connectivity index (χ1) is 6.33. The highest BCUT2D eigenvalue weighted by Crippen LogP contribution is 2.24. The maximum atomic E-state index is 5.62. The first-order valence-electron chi connectivity index (χ1n) is 3.94. The van der Waals surface area contributed by atoms with Gasteiger partial charge < -0.3 is 15.0 Å². The van der Waals surface area contributed by atoms with E-state index in [-0.39, 0.29) is 0 Å². The van der Waals surface area contributed by atoms with E-state index in [0.717, 1.165) is 16.5 Å². The summed E-state index contributed by atoms with van der Waals surface area (Å²) in [6.07, 6.45) is 0. The van der Waals surface area contributed by atoms with Crippen LogP contribution < -0.4 is 5.73 Å². The van der Waals surface area contributed by atoms with E-state index in [2.05, 4.69) is 5.16 Å². The molecule has 4 nitrogen and oxygen atoms in total. The lowest BCUT2D eigenvalue weighted by molar-refractivity contribution is 0.186. The molecular weight excluding hydrogens is 168 g/mol. The molecule has 0 aliphatic heterocycles. The molecule has 0 spiro atoms. The molecule has 2 N–H and O–H groups in total. The Labute approximate surface area is 75.3 Å². The second-order valence-electron chi connectivity index (χ2n) is 2.79. The lowest BCUT2D eigenvalue weighted by atomic mass is 10.1. The number of rotatable bonds is 2. The topological polar surface area (TPSA) is 61.3 Å². The third-order valence-electron chi connectivity index (χ3n) is 1.92. The second kappa shape index (κ2) is 3.06. The van der Waals surface area contributed by atoms with Crippen molar-refractivity contribution in [1.82, 2.24) is 5.16 Å². The van der Waals surface area contributed by atoms with Crippen LogP contribution in [0.3, 0.4) is 0 Å². The normalized spacial score (nSPS) is 10.8. The van der Waals surface area contributed by atoms with Gasteiger partial charge in [-0.2, -0.15) is 0 Å². The minimum atomic E-state index is 0.350. The van der Waals surface area contributed by atoms with E-state index >= 15 is 0 Å². The van der Waals surface area contributed by atoms with Gasteiger partial charge in [-0.3, -0.25) is 0 Å². The van der Waals surface area contributed by atoms with Crippen molar-refractivity contribution in [3.05, 3.63) is 23.8 Å². The molecule has 68 valence electrons. The molecule has 13 heavy (non-hydrogen) atoms. The summed E-state index contributed by atoms with van der Waals surface area (Å²) < 4.78 is 9.91. The molecule has 0 saturated heterocycles. The largest absolute Gasteiger partial charge is 0.380 e. The van der Waals surface area contributed by atoms with Crippen molar-refractivity contribution in [3.63, 3.8) is 0 Å². The van der Waals surface area contributed by atoms with Crippen molar-refractivity contribution >= 4 is 16.8 Å². The highest BCUT2D eigenvalue weighted by molar-refractivity contribution is 5.90. The van der Waals surface area contributed by atoms with Crippen LogP contribution in [0.25, 0.3) is 10.9 Å². The molecule has 0 saturated carbocycles. The minimum Gasteiger partial charge on any atom is -0.380 e. The minimum absolute atomic E-state index is 0.350. The Bertz CT molecular complexity index is 422. The SMILES string of the molecule is COCc1cccc2noc(N)c12. The zero-order chi connectivity index (χ0) is 9.26. The van der Waals surface area contributed by atoms with E-state index in [0.29, 0.717) is 12.5 Å². The van der Waals surface area contributed by atoms with E-state index in [1.807, 2.05) is 18.2 Å². The molecule has 0 amide bonds. The number of nitrogens with two attached hydrogens (primary N) is 1. The number of methoxy groups -OCH3 is 1. The van der Waals surface area contributed by atoms with Gasteiger partial charge in [0.1, 0.15) is 5.52 Å². The molecule has 4 heteroatoms. The van der Waals surface area contributed by atoms with E-state index in [4.69, 9.17) is 15.0 Å². The van der Waals surface area contributed by atoms with Crippen LogP contribution in [-0.2, 0) is 11.3 Å². The van der Waals surface area contributed by atoms with Crippen molar-refractivity contribution in [3.8, 4) is 0 Å². The monoisotopic (exact) mass is 178 g/mol. The average Bonchev–Trinajstić information content (AvgIpc) is 2.50. The van der Waals surface area contributed by atoms with E-state index in [1.54, 1.807) is 7.11 Å². The zero-order valence-corrected chi connectivity index (χ0v) is 7.28. The number of nitrogen functional groups attached to an aromatic ring is 1. The van der Waals surface area contributed by atoms with Crippen molar-refractivity contribution in [1.29, 1.82) is 0 Å². The van der Waals surface area contributed by atoms with Gasteiger partial charge in [0.2, 0.25) is 5.88 Å². The number of hydrogen-bond donors (Lipinski definition) is 1. The Balaban J connectivity index is 2.65. The summed E-state index contributed by atoms with van der Waals surface area (Å²) in [5.74, 6) is 0.350. The van der Waals surface area contributed by atoms with Crippen LogP contribution in [-0.4, -0.2) is 12.3 Å². The van der Waals surface area contributed by atoms with Crippen LogP contribution in [0, 0.1) is 0 Å². The van der Waals surface area contributed by atoms with Crippen LogP contribution in [0.4, 0.5) is 5.88 Å². The quantitative estimate of drug-likeness (QED) is 0.758. The Morgan fingerprint density at radius 1 is 1.54 bits per heavy atom. The number of nitrogens with zero attached hydrogens (tertiary/aromatic N) is 1. The molecule has 1 aromatic heterocycles. The number of aromatic nitrogens is 1. The molecule has 0 radical (unpaired) electrons. The Morgan fingerprint density at radius 3 is 3.15 bits per heavy atom. The fourth-order valence-electron chi connectivity index (χ4n) is 1.37. The lowest BCUT2D eigenvalue weighted by Crippen LogP contribution is -1.90. The summed E-state index contributed by atoms with van der Waals surface area (Å²) in [6, 6.07) is 5.70. The fourth-order valence-corrected chi connectivity index (χ4v) is 1.37. The van der Waals surface area contributed by atoms with Crippen molar-refractivity contribution in [2.45, 2.75) is 6.61 Å². The Hall–Kier alpha value is -1.55. The molecule has 1 aromatic carbocycles. The maximum absolute atomic E-state index is 5.62. The molecule has 2 rings (SSSR count). The summed E-state index contributed by atoms with van der Waals surface area (Å²) in [4.78, 5) is 0. The molecule has 0 aliphatic rings. The van der Waals surface area contributed by atoms with Crippen molar-refractivity contribution < 1.29 is 9.26 Å². The predicted octanol–water partition coefficient (Wildman–Crippen LogP) is 1.56. The Morgan fingerprint density at radius 2 is 2.38 bits per heavy atom. The van der Waals surface area contributed by atoms with Crippen LogP contribution in [0.15, 0.2) is 22.7 Å². The van der Waals surface area contributed by atoms with Crippen molar-refractivity contribution in [2.75, 3.05) is 12.8 Å². The lowest BCUT2D eigenvalue weighted by Gasteiger charge is -1.99. The maximum Gasteiger partial charge on any atom is 0.230 e. The fraction of sp³-hybridized carbons (Fsp3) is 0.222. The summed E-state index contributed by atoms with van der Waals surface area (Å²) in [5.41, 5.74) is 7.39. The van der Waals surface area contributed by atoms with E-state index in [9.17, 15) is 0 Å². The summed E-state index contributed by atoms with van der Waals surface area (Å²) in [6.45, 7) is 0.517. The number of fused-ring (bicyclic) bond motifs is 1. The molecule has 1 heterocycles. The zero-order valence-electron chi connectivity index (χ0n) is 7.28. The molecule has 0 unspecified atom stereocenters. The molecule has 0 bridgehead atoms. The number of benzene rings is 1. The predicted molar refractivity (Wildman–Crippen MR) is 49.1 cm³/mol.